The van der Waals surface area contributed by atoms with Crippen molar-refractivity contribution in [3.63, 3.8) is 0 Å². The third-order valence-corrected chi connectivity index (χ3v) is 3.28. The lowest BCUT2D eigenvalue weighted by Crippen LogP contribution is -2.12. The minimum atomic E-state index is -0.309. The van der Waals surface area contributed by atoms with Crippen LogP contribution in [0.4, 0.5) is 4.39 Å². The van der Waals surface area contributed by atoms with Crippen molar-refractivity contribution in [2.45, 2.75) is 39.5 Å². The van der Waals surface area contributed by atoms with Crippen LogP contribution in [0.1, 0.15) is 45.1 Å². The van der Waals surface area contributed by atoms with Gasteiger partial charge in [-0.05, 0) is 30.5 Å². The van der Waals surface area contributed by atoms with E-state index in [0.717, 1.165) is 12.8 Å². The van der Waals surface area contributed by atoms with Gasteiger partial charge in [-0.25, -0.2) is 4.39 Å². The molecule has 20 heavy (non-hydrogen) atoms. The Morgan fingerprint density at radius 2 is 2.15 bits per heavy atom. The van der Waals surface area contributed by atoms with Gasteiger partial charge in [0.1, 0.15) is 11.6 Å². The van der Waals surface area contributed by atoms with E-state index in [9.17, 15) is 4.39 Å². The molecule has 110 valence electrons. The molecule has 0 saturated heterocycles. The van der Waals surface area contributed by atoms with Gasteiger partial charge in [0.15, 0.2) is 0 Å². The number of nitrogens with two attached hydrogens (primary N) is 1. The summed E-state index contributed by atoms with van der Waals surface area (Å²) in [6.07, 6.45) is 4.66. The Balaban J connectivity index is 2.70. The Bertz CT molecular complexity index is 462. The van der Waals surface area contributed by atoms with E-state index in [1.807, 2.05) is 0 Å². The third kappa shape index (κ3) is 5.63. The third-order valence-electron chi connectivity index (χ3n) is 3.28. The van der Waals surface area contributed by atoms with Crippen molar-refractivity contribution in [1.29, 1.82) is 0 Å². The fourth-order valence-electron chi connectivity index (χ4n) is 1.98. The van der Waals surface area contributed by atoms with Crippen LogP contribution in [0.25, 0.3) is 0 Å². The minimum absolute atomic E-state index is 0.254. The molecular weight excluding hydrogens is 253 g/mol. The van der Waals surface area contributed by atoms with Crippen LogP contribution in [0.3, 0.4) is 0 Å². The smallest absolute Gasteiger partial charge is 0.135 e. The minimum Gasteiger partial charge on any atom is -0.492 e. The van der Waals surface area contributed by atoms with Crippen molar-refractivity contribution in [2.24, 2.45) is 11.7 Å². The lowest BCUT2D eigenvalue weighted by atomic mass is 10.0. The topological polar surface area (TPSA) is 35.2 Å². The van der Waals surface area contributed by atoms with Crippen molar-refractivity contribution < 1.29 is 9.13 Å². The molecule has 0 saturated carbocycles. The first-order chi connectivity index (χ1) is 9.71. The molecule has 0 aliphatic rings. The molecule has 0 amide bonds. The predicted octanol–water partition coefficient (Wildman–Crippen LogP) is 3.73. The van der Waals surface area contributed by atoms with Gasteiger partial charge in [0.05, 0.1) is 18.7 Å². The Kier molecular flexibility index (Phi) is 7.75. The molecule has 0 aromatic heterocycles. The number of rotatable bonds is 7. The van der Waals surface area contributed by atoms with E-state index in [0.29, 0.717) is 23.8 Å². The highest BCUT2D eigenvalue weighted by molar-refractivity contribution is 5.46. The zero-order valence-electron chi connectivity index (χ0n) is 12.4. The predicted molar refractivity (Wildman–Crippen MR) is 81.1 cm³/mol. The van der Waals surface area contributed by atoms with E-state index in [2.05, 4.69) is 25.7 Å². The average Bonchev–Trinajstić information content (AvgIpc) is 2.46. The number of halogens is 1. The van der Waals surface area contributed by atoms with E-state index in [4.69, 9.17) is 10.5 Å². The maximum absolute atomic E-state index is 13.3. The molecule has 0 bridgehead atoms. The summed E-state index contributed by atoms with van der Waals surface area (Å²) in [6, 6.07) is 4.43. The van der Waals surface area contributed by atoms with Gasteiger partial charge >= 0.3 is 0 Å². The van der Waals surface area contributed by atoms with Gasteiger partial charge in [0.25, 0.3) is 0 Å². The Morgan fingerprint density at radius 1 is 1.35 bits per heavy atom. The number of hydrogen-bond donors (Lipinski definition) is 1. The van der Waals surface area contributed by atoms with E-state index in [1.54, 1.807) is 6.07 Å². The SMILES string of the molecule is CCCCC(CC)COc1ccc(F)cc1C#CCN. The summed E-state index contributed by atoms with van der Waals surface area (Å²) in [6.45, 7) is 5.26. The zero-order chi connectivity index (χ0) is 14.8. The fraction of sp³-hybridized carbons (Fsp3) is 0.529. The maximum atomic E-state index is 13.3. The second-order valence-corrected chi connectivity index (χ2v) is 4.87. The van der Waals surface area contributed by atoms with Crippen molar-refractivity contribution in [3.8, 4) is 17.6 Å². The molecule has 1 aromatic carbocycles. The monoisotopic (exact) mass is 277 g/mol. The summed E-state index contributed by atoms with van der Waals surface area (Å²) < 4.78 is 19.1. The van der Waals surface area contributed by atoms with Crippen molar-refractivity contribution in [3.05, 3.63) is 29.6 Å². The van der Waals surface area contributed by atoms with Crippen LogP contribution >= 0.6 is 0 Å². The highest BCUT2D eigenvalue weighted by Crippen LogP contribution is 2.21. The molecular formula is C17H24FNO. The summed E-state index contributed by atoms with van der Waals surface area (Å²) in [5.41, 5.74) is 5.93. The van der Waals surface area contributed by atoms with Crippen LogP contribution in [-0.2, 0) is 0 Å². The number of hydrogen-bond acceptors (Lipinski definition) is 2. The van der Waals surface area contributed by atoms with Crippen LogP contribution in [0.2, 0.25) is 0 Å². The number of benzene rings is 1. The van der Waals surface area contributed by atoms with Crippen LogP contribution < -0.4 is 10.5 Å². The van der Waals surface area contributed by atoms with Gasteiger partial charge < -0.3 is 10.5 Å². The fourth-order valence-corrected chi connectivity index (χ4v) is 1.98. The summed E-state index contributed by atoms with van der Waals surface area (Å²) in [5, 5.41) is 0. The van der Waals surface area contributed by atoms with Crippen molar-refractivity contribution >= 4 is 0 Å². The lowest BCUT2D eigenvalue weighted by Gasteiger charge is -2.16. The van der Waals surface area contributed by atoms with Gasteiger partial charge in [-0.2, -0.15) is 0 Å². The van der Waals surface area contributed by atoms with Gasteiger partial charge in [-0.15, -0.1) is 0 Å². The van der Waals surface area contributed by atoms with E-state index < -0.39 is 0 Å². The maximum Gasteiger partial charge on any atom is 0.135 e. The molecule has 1 unspecified atom stereocenters. The molecule has 2 N–H and O–H groups in total. The van der Waals surface area contributed by atoms with Gasteiger partial charge in [0, 0.05) is 0 Å². The standard InChI is InChI=1S/C17H24FNO/c1-3-5-7-14(4-2)13-20-17-10-9-16(18)12-15(17)8-6-11-19/h9-10,12,14H,3-5,7,11,13,19H2,1-2H3. The van der Waals surface area contributed by atoms with Crippen LogP contribution in [0.15, 0.2) is 18.2 Å². The highest BCUT2D eigenvalue weighted by Gasteiger charge is 2.09. The first kappa shape index (κ1) is 16.5. The average molecular weight is 277 g/mol. The first-order valence-electron chi connectivity index (χ1n) is 7.32. The molecule has 1 atom stereocenters. The van der Waals surface area contributed by atoms with Crippen LogP contribution in [0.5, 0.6) is 5.75 Å². The Hall–Kier alpha value is -1.53. The first-order valence-corrected chi connectivity index (χ1v) is 7.32. The molecule has 2 nitrogen and oxygen atoms in total. The highest BCUT2D eigenvalue weighted by atomic mass is 19.1. The lowest BCUT2D eigenvalue weighted by molar-refractivity contribution is 0.232. The molecule has 0 fully saturated rings. The second-order valence-electron chi connectivity index (χ2n) is 4.87. The summed E-state index contributed by atoms with van der Waals surface area (Å²) in [4.78, 5) is 0. The van der Waals surface area contributed by atoms with Crippen molar-refractivity contribution in [2.75, 3.05) is 13.2 Å². The molecule has 0 heterocycles. The van der Waals surface area contributed by atoms with Crippen LogP contribution in [0, 0.1) is 23.6 Å². The number of ether oxygens (including phenoxy) is 1. The van der Waals surface area contributed by atoms with E-state index in [1.165, 1.54) is 25.0 Å². The Labute approximate surface area is 121 Å². The summed E-state index contributed by atoms with van der Waals surface area (Å²) in [7, 11) is 0. The van der Waals surface area contributed by atoms with Gasteiger partial charge in [0.2, 0.25) is 0 Å². The molecule has 0 aliphatic carbocycles. The largest absolute Gasteiger partial charge is 0.492 e. The molecule has 0 aliphatic heterocycles. The van der Waals surface area contributed by atoms with E-state index in [-0.39, 0.29) is 12.4 Å². The normalized spacial score (nSPS) is 11.6. The second kappa shape index (κ2) is 9.39. The molecule has 1 rings (SSSR count). The molecule has 0 spiro atoms. The zero-order valence-corrected chi connectivity index (χ0v) is 12.4. The molecule has 0 radical (unpaired) electrons. The quantitative estimate of drug-likeness (QED) is 0.771. The van der Waals surface area contributed by atoms with Gasteiger partial charge in [-0.3, -0.25) is 0 Å². The van der Waals surface area contributed by atoms with Crippen LogP contribution in [-0.4, -0.2) is 13.2 Å². The number of unbranched alkanes of at least 4 members (excludes halogenated alkanes) is 1. The van der Waals surface area contributed by atoms with E-state index >= 15 is 0 Å². The molecule has 1 aromatic rings. The Morgan fingerprint density at radius 3 is 2.80 bits per heavy atom. The molecule has 3 heteroatoms. The summed E-state index contributed by atoms with van der Waals surface area (Å²) in [5.74, 6) is 6.47. The van der Waals surface area contributed by atoms with Gasteiger partial charge in [-0.1, -0.05) is 45.0 Å². The summed E-state index contributed by atoms with van der Waals surface area (Å²) >= 11 is 0. The van der Waals surface area contributed by atoms with Crippen molar-refractivity contribution in [1.82, 2.24) is 0 Å².